The number of benzene rings is 1. The minimum Gasteiger partial charge on any atom is -0.494 e. The van der Waals surface area contributed by atoms with Gasteiger partial charge >= 0.3 is 5.97 Å². The van der Waals surface area contributed by atoms with Crippen LogP contribution in [-0.2, 0) is 20.8 Å². The van der Waals surface area contributed by atoms with Crippen molar-refractivity contribution in [2.24, 2.45) is 5.92 Å². The summed E-state index contributed by atoms with van der Waals surface area (Å²) in [5.74, 6) is -0.139. The third-order valence-corrected chi connectivity index (χ3v) is 6.20. The van der Waals surface area contributed by atoms with E-state index in [-0.39, 0.29) is 18.2 Å². The molecule has 0 saturated heterocycles. The Kier molecular flexibility index (Phi) is 11.0. The lowest BCUT2D eigenvalue weighted by atomic mass is 10.0. The molecule has 2 aromatic rings. The number of nitrogens with one attached hydrogen (secondary N) is 3. The van der Waals surface area contributed by atoms with Crippen LogP contribution in [0.5, 0.6) is 5.75 Å². The minimum atomic E-state index is -0.924. The van der Waals surface area contributed by atoms with Crippen molar-refractivity contribution in [2.45, 2.75) is 64.0 Å². The molecule has 1 heterocycles. The molecule has 0 radical (unpaired) electrons. The van der Waals surface area contributed by atoms with Crippen LogP contribution >= 0.6 is 0 Å². The Morgan fingerprint density at radius 2 is 1.83 bits per heavy atom. The third kappa shape index (κ3) is 9.93. The molecular weight excluding hydrogens is 460 g/mol. The van der Waals surface area contributed by atoms with Crippen molar-refractivity contribution in [2.75, 3.05) is 18.5 Å². The fourth-order valence-electron chi connectivity index (χ4n) is 4.22. The van der Waals surface area contributed by atoms with Gasteiger partial charge in [0.2, 0.25) is 5.91 Å². The van der Waals surface area contributed by atoms with Crippen molar-refractivity contribution in [1.29, 1.82) is 0 Å². The molecule has 1 aromatic heterocycles. The van der Waals surface area contributed by atoms with Crippen LogP contribution in [0.4, 0.5) is 5.69 Å². The minimum absolute atomic E-state index is 0.0528. The second kappa shape index (κ2) is 14.7. The summed E-state index contributed by atoms with van der Waals surface area (Å²) in [7, 11) is 0. The highest BCUT2D eigenvalue weighted by Gasteiger charge is 2.22. The van der Waals surface area contributed by atoms with E-state index in [0.717, 1.165) is 12.1 Å². The summed E-state index contributed by atoms with van der Waals surface area (Å²) in [5, 5.41) is 17.5. The average molecular weight is 497 g/mol. The molecule has 0 spiro atoms. The Hall–Kier alpha value is -3.62. The highest BCUT2D eigenvalue weighted by molar-refractivity contribution is 5.89. The molecule has 9 heteroatoms. The van der Waals surface area contributed by atoms with Gasteiger partial charge in [0.15, 0.2) is 6.17 Å². The molecule has 1 unspecified atom stereocenters. The van der Waals surface area contributed by atoms with E-state index in [9.17, 15) is 14.4 Å². The molecule has 1 aromatic carbocycles. The highest BCUT2D eigenvalue weighted by atomic mass is 16.5. The molecular formula is C27H36N4O5. The van der Waals surface area contributed by atoms with Gasteiger partial charge in [-0.2, -0.15) is 0 Å². The summed E-state index contributed by atoms with van der Waals surface area (Å²) in [6.45, 7) is 0.701. The topological polar surface area (TPSA) is 130 Å². The molecule has 36 heavy (non-hydrogen) atoms. The van der Waals surface area contributed by atoms with Crippen LogP contribution in [0.25, 0.3) is 0 Å². The van der Waals surface area contributed by atoms with Crippen LogP contribution in [0.15, 0.2) is 48.7 Å². The molecule has 1 atom stereocenters. The van der Waals surface area contributed by atoms with Gasteiger partial charge in [-0.25, -0.2) is 0 Å². The van der Waals surface area contributed by atoms with Gasteiger partial charge in [0.25, 0.3) is 5.91 Å². The van der Waals surface area contributed by atoms with Gasteiger partial charge in [-0.3, -0.25) is 19.4 Å². The van der Waals surface area contributed by atoms with Gasteiger partial charge in [0.1, 0.15) is 5.75 Å². The molecule has 4 N–H and O–H groups in total. The molecule has 0 aliphatic heterocycles. The number of carboxylic acids is 1. The monoisotopic (exact) mass is 496 g/mol. The van der Waals surface area contributed by atoms with Crippen molar-refractivity contribution >= 4 is 23.5 Å². The predicted molar refractivity (Wildman–Crippen MR) is 137 cm³/mol. The highest BCUT2D eigenvalue weighted by Crippen LogP contribution is 2.28. The Morgan fingerprint density at radius 3 is 2.53 bits per heavy atom. The van der Waals surface area contributed by atoms with Crippen molar-refractivity contribution < 1.29 is 24.2 Å². The van der Waals surface area contributed by atoms with Crippen LogP contribution in [0.2, 0.25) is 0 Å². The zero-order valence-electron chi connectivity index (χ0n) is 20.6. The summed E-state index contributed by atoms with van der Waals surface area (Å²) in [5.41, 5.74) is 1.52. The van der Waals surface area contributed by atoms with Crippen LogP contribution in [0.3, 0.4) is 0 Å². The Labute approximate surface area is 212 Å². The Morgan fingerprint density at radius 1 is 1.06 bits per heavy atom. The van der Waals surface area contributed by atoms with Gasteiger partial charge in [-0.1, -0.05) is 31.7 Å². The van der Waals surface area contributed by atoms with E-state index < -0.39 is 12.1 Å². The van der Waals surface area contributed by atoms with E-state index in [0.29, 0.717) is 49.8 Å². The van der Waals surface area contributed by atoms with E-state index in [1.165, 1.54) is 25.7 Å². The number of nitrogens with zero attached hydrogens (tertiary/aromatic N) is 1. The first kappa shape index (κ1) is 27.0. The summed E-state index contributed by atoms with van der Waals surface area (Å²) in [6.07, 6.45) is 7.90. The molecule has 9 nitrogen and oxygen atoms in total. The maximum atomic E-state index is 12.9. The maximum Gasteiger partial charge on any atom is 0.303 e. The molecule has 0 bridgehead atoms. The quantitative estimate of drug-likeness (QED) is 0.219. The van der Waals surface area contributed by atoms with E-state index in [1.807, 2.05) is 18.2 Å². The second-order valence-corrected chi connectivity index (χ2v) is 9.07. The number of aliphatic carboxylic acids is 1. The van der Waals surface area contributed by atoms with Gasteiger partial charge < -0.3 is 25.8 Å². The smallest absolute Gasteiger partial charge is 0.303 e. The van der Waals surface area contributed by atoms with Crippen LogP contribution in [0, 0.1) is 5.92 Å². The molecule has 1 aliphatic rings. The zero-order valence-corrected chi connectivity index (χ0v) is 20.6. The zero-order chi connectivity index (χ0) is 25.6. The normalized spacial score (nSPS) is 14.1. The molecule has 194 valence electrons. The largest absolute Gasteiger partial charge is 0.494 e. The number of rotatable bonds is 15. The first-order chi connectivity index (χ1) is 17.5. The number of aromatic nitrogens is 1. The number of amides is 2. The van der Waals surface area contributed by atoms with Gasteiger partial charge in [-0.15, -0.1) is 0 Å². The molecule has 1 saturated carbocycles. The number of anilines is 1. The summed E-state index contributed by atoms with van der Waals surface area (Å²) >= 11 is 0. The summed E-state index contributed by atoms with van der Waals surface area (Å²) in [6, 6.07) is 12.6. The SMILES string of the molecule is O=C(O)CCCOc1ccc(NC(NC(=O)CCC2CCCC2)C(=O)NCCc2ccccn2)cc1. The number of carbonyl (C=O) groups is 3. The third-order valence-electron chi connectivity index (χ3n) is 6.20. The van der Waals surface area contributed by atoms with Crippen LogP contribution < -0.4 is 20.7 Å². The number of carboxylic acid groups (broad SMARTS) is 1. The summed E-state index contributed by atoms with van der Waals surface area (Å²) in [4.78, 5) is 40.5. The molecule has 1 aliphatic carbocycles. The fraction of sp³-hybridized carbons (Fsp3) is 0.481. The van der Waals surface area contributed by atoms with Crippen molar-refractivity contribution in [3.05, 3.63) is 54.4 Å². The number of hydrogen-bond donors (Lipinski definition) is 4. The molecule has 1 fully saturated rings. The van der Waals surface area contributed by atoms with Gasteiger partial charge in [-0.05, 0) is 55.2 Å². The lowest BCUT2D eigenvalue weighted by Crippen LogP contribution is -2.51. The van der Waals surface area contributed by atoms with Crippen molar-refractivity contribution in [3.8, 4) is 5.75 Å². The molecule has 3 rings (SSSR count). The fourth-order valence-corrected chi connectivity index (χ4v) is 4.22. The second-order valence-electron chi connectivity index (χ2n) is 9.07. The van der Waals surface area contributed by atoms with Crippen LogP contribution in [-0.4, -0.2) is 47.2 Å². The number of carbonyl (C=O) groups excluding carboxylic acids is 2. The van der Waals surface area contributed by atoms with E-state index in [4.69, 9.17) is 9.84 Å². The number of hydrogen-bond acceptors (Lipinski definition) is 6. The van der Waals surface area contributed by atoms with Crippen molar-refractivity contribution in [3.63, 3.8) is 0 Å². The Bertz CT molecular complexity index is 962. The van der Waals surface area contributed by atoms with Gasteiger partial charge in [0.05, 0.1) is 6.61 Å². The lowest BCUT2D eigenvalue weighted by molar-refractivity contribution is -0.137. The van der Waals surface area contributed by atoms with E-state index in [2.05, 4.69) is 20.9 Å². The van der Waals surface area contributed by atoms with Crippen LogP contribution in [0.1, 0.15) is 57.1 Å². The lowest BCUT2D eigenvalue weighted by Gasteiger charge is -2.21. The number of ether oxygens (including phenoxy) is 1. The summed E-state index contributed by atoms with van der Waals surface area (Å²) < 4.78 is 5.56. The number of pyridine rings is 1. The standard InChI is InChI=1S/C27H36N4O5/c32-24(15-10-20-6-1-2-7-20)31-26(27(35)29-18-16-21-8-3-4-17-28-21)30-22-11-13-23(14-12-22)36-19-5-9-25(33)34/h3-4,8,11-14,17,20,26,30H,1-2,5-7,9-10,15-16,18-19H2,(H,29,35)(H,31,32)(H,33,34). The predicted octanol–water partition coefficient (Wildman–Crippen LogP) is 3.51. The van der Waals surface area contributed by atoms with E-state index in [1.54, 1.807) is 30.5 Å². The Balaban J connectivity index is 1.53. The first-order valence-corrected chi connectivity index (χ1v) is 12.7. The maximum absolute atomic E-state index is 12.9. The first-order valence-electron chi connectivity index (χ1n) is 12.7. The van der Waals surface area contributed by atoms with Gasteiger partial charge in [0, 0.05) is 43.4 Å². The average Bonchev–Trinajstić information content (AvgIpc) is 3.40. The van der Waals surface area contributed by atoms with E-state index >= 15 is 0 Å². The molecule has 2 amide bonds. The van der Waals surface area contributed by atoms with Crippen molar-refractivity contribution in [1.82, 2.24) is 15.6 Å².